The lowest BCUT2D eigenvalue weighted by atomic mass is 10.1. The molecule has 0 fully saturated rings. The monoisotopic (exact) mass is 369 g/mol. The number of benzene rings is 2. The van der Waals surface area contributed by atoms with Crippen molar-refractivity contribution in [2.45, 2.75) is 26.4 Å². The number of aryl methyl sites for hydroxylation is 1. The van der Waals surface area contributed by atoms with Gasteiger partial charge in [-0.3, -0.25) is 4.79 Å². The molecule has 3 rings (SSSR count). The van der Waals surface area contributed by atoms with Crippen LogP contribution < -0.4 is 10.6 Å². The lowest BCUT2D eigenvalue weighted by Crippen LogP contribution is -2.14. The van der Waals surface area contributed by atoms with Crippen LogP contribution in [0.1, 0.15) is 33.5 Å². The van der Waals surface area contributed by atoms with Crippen LogP contribution in [0.25, 0.3) is 0 Å². The van der Waals surface area contributed by atoms with Crippen LogP contribution in [0.3, 0.4) is 0 Å². The van der Waals surface area contributed by atoms with Gasteiger partial charge in [0.25, 0.3) is 5.91 Å². The maximum Gasteiger partial charge on any atom is 0.255 e. The van der Waals surface area contributed by atoms with Crippen LogP contribution in [-0.2, 0) is 19.5 Å². The molecular weight excluding hydrogens is 349 g/mol. The summed E-state index contributed by atoms with van der Waals surface area (Å²) in [6.45, 7) is 3.49. The molecule has 0 bridgehead atoms. The van der Waals surface area contributed by atoms with Gasteiger partial charge in [0.05, 0.1) is 10.7 Å². The number of carbonyl (C=O) groups is 1. The van der Waals surface area contributed by atoms with E-state index in [2.05, 4.69) is 27.9 Å². The normalized spacial score (nSPS) is 10.7. The van der Waals surface area contributed by atoms with Crippen LogP contribution in [0.15, 0.2) is 53.9 Å². The lowest BCUT2D eigenvalue weighted by molar-refractivity contribution is 0.102. The molecule has 1 amide bonds. The van der Waals surface area contributed by atoms with E-state index >= 15 is 0 Å². The number of hydrogen-bond donors (Lipinski definition) is 2. The smallest absolute Gasteiger partial charge is 0.255 e. The van der Waals surface area contributed by atoms with Crippen molar-refractivity contribution in [1.82, 2.24) is 10.3 Å². The Morgan fingerprint density at radius 3 is 2.69 bits per heavy atom. The van der Waals surface area contributed by atoms with Gasteiger partial charge in [-0.15, -0.1) is 11.3 Å². The van der Waals surface area contributed by atoms with Crippen molar-refractivity contribution in [3.05, 3.63) is 81.6 Å². The Balaban J connectivity index is 1.55. The largest absolute Gasteiger partial charge is 0.322 e. The number of carbonyl (C=O) groups excluding carboxylic acids is 1. The molecule has 0 saturated carbocycles. The predicted molar refractivity (Wildman–Crippen MR) is 103 cm³/mol. The minimum absolute atomic E-state index is 0.260. The molecule has 0 unspecified atom stereocenters. The number of nitrogens with one attached hydrogen (secondary N) is 2. The van der Waals surface area contributed by atoms with Crippen molar-refractivity contribution in [2.24, 2.45) is 0 Å². The molecule has 26 heavy (non-hydrogen) atoms. The summed E-state index contributed by atoms with van der Waals surface area (Å²) in [5, 5.41) is 9.42. The molecule has 6 heteroatoms. The summed E-state index contributed by atoms with van der Waals surface area (Å²) in [4.78, 5) is 16.7. The summed E-state index contributed by atoms with van der Waals surface area (Å²) >= 11 is 1.68. The number of hydrogen-bond acceptors (Lipinski definition) is 4. The van der Waals surface area contributed by atoms with Gasteiger partial charge in [-0.05, 0) is 48.4 Å². The van der Waals surface area contributed by atoms with E-state index in [1.807, 2.05) is 24.3 Å². The minimum atomic E-state index is -0.360. The van der Waals surface area contributed by atoms with Crippen molar-refractivity contribution >= 4 is 22.9 Å². The highest BCUT2D eigenvalue weighted by molar-refractivity contribution is 7.09. The predicted octanol–water partition coefficient (Wildman–Crippen LogP) is 4.39. The molecule has 3 aromatic rings. The number of thiazole rings is 1. The van der Waals surface area contributed by atoms with E-state index in [0.29, 0.717) is 24.3 Å². The molecule has 1 aromatic heterocycles. The van der Waals surface area contributed by atoms with Gasteiger partial charge in [-0.1, -0.05) is 19.1 Å². The second kappa shape index (κ2) is 8.69. The molecule has 0 aliphatic carbocycles. The van der Waals surface area contributed by atoms with Gasteiger partial charge in [-0.25, -0.2) is 9.37 Å². The van der Waals surface area contributed by atoms with Gasteiger partial charge in [0.15, 0.2) is 0 Å². The van der Waals surface area contributed by atoms with Crippen LogP contribution in [0.2, 0.25) is 0 Å². The molecule has 0 saturated heterocycles. The first-order valence-corrected chi connectivity index (χ1v) is 9.32. The maximum absolute atomic E-state index is 13.0. The minimum Gasteiger partial charge on any atom is -0.322 e. The molecule has 134 valence electrons. The van der Waals surface area contributed by atoms with Crippen LogP contribution >= 0.6 is 11.3 Å². The van der Waals surface area contributed by atoms with Gasteiger partial charge < -0.3 is 10.6 Å². The molecule has 1 heterocycles. The maximum atomic E-state index is 13.0. The Bertz CT molecular complexity index is 877. The molecule has 0 spiro atoms. The zero-order valence-corrected chi connectivity index (χ0v) is 15.3. The molecule has 0 atom stereocenters. The Morgan fingerprint density at radius 2 is 1.96 bits per heavy atom. The fourth-order valence-electron chi connectivity index (χ4n) is 2.49. The highest BCUT2D eigenvalue weighted by Gasteiger charge is 2.07. The quantitative estimate of drug-likeness (QED) is 0.650. The Kier molecular flexibility index (Phi) is 6.09. The van der Waals surface area contributed by atoms with Crippen molar-refractivity contribution < 1.29 is 9.18 Å². The van der Waals surface area contributed by atoms with Crippen LogP contribution in [0.4, 0.5) is 10.1 Å². The summed E-state index contributed by atoms with van der Waals surface area (Å²) in [6, 6.07) is 13.1. The Hall–Kier alpha value is -2.57. The summed E-state index contributed by atoms with van der Waals surface area (Å²) in [6.07, 6.45) is 0.959. The number of rotatable bonds is 7. The summed E-state index contributed by atoms with van der Waals surface area (Å²) in [5.41, 5.74) is 3.24. The third-order valence-electron chi connectivity index (χ3n) is 3.83. The first kappa shape index (κ1) is 18.2. The van der Waals surface area contributed by atoms with E-state index in [9.17, 15) is 9.18 Å². The van der Waals surface area contributed by atoms with Crippen LogP contribution in [0, 0.1) is 5.82 Å². The molecule has 2 aromatic carbocycles. The van der Waals surface area contributed by atoms with E-state index in [-0.39, 0.29) is 11.7 Å². The first-order chi connectivity index (χ1) is 12.6. The number of halogens is 1. The SMILES string of the molecule is CCc1nc(CNCc2cccc(NC(=O)c3ccc(F)cc3)c2)cs1. The molecule has 0 radical (unpaired) electrons. The Labute approximate surface area is 156 Å². The van der Waals surface area contributed by atoms with Gasteiger partial charge in [0, 0.05) is 29.7 Å². The fourth-order valence-corrected chi connectivity index (χ4v) is 3.24. The van der Waals surface area contributed by atoms with Gasteiger partial charge in [-0.2, -0.15) is 0 Å². The summed E-state index contributed by atoms with van der Waals surface area (Å²) < 4.78 is 13.0. The third kappa shape index (κ3) is 4.97. The van der Waals surface area contributed by atoms with E-state index in [0.717, 1.165) is 22.7 Å². The molecular formula is C20H20FN3OS. The van der Waals surface area contributed by atoms with Gasteiger partial charge >= 0.3 is 0 Å². The van der Waals surface area contributed by atoms with E-state index in [4.69, 9.17) is 0 Å². The molecule has 2 N–H and O–H groups in total. The zero-order chi connectivity index (χ0) is 18.4. The van der Waals surface area contributed by atoms with Crippen molar-refractivity contribution in [1.29, 1.82) is 0 Å². The average Bonchev–Trinajstić information content (AvgIpc) is 3.10. The fraction of sp³-hybridized carbons (Fsp3) is 0.200. The van der Waals surface area contributed by atoms with Crippen molar-refractivity contribution in [2.75, 3.05) is 5.32 Å². The van der Waals surface area contributed by atoms with Crippen LogP contribution in [-0.4, -0.2) is 10.9 Å². The highest BCUT2D eigenvalue weighted by atomic mass is 32.1. The molecule has 4 nitrogen and oxygen atoms in total. The van der Waals surface area contributed by atoms with Gasteiger partial charge in [0.1, 0.15) is 5.82 Å². The lowest BCUT2D eigenvalue weighted by Gasteiger charge is -2.08. The molecule has 0 aliphatic heterocycles. The second-order valence-electron chi connectivity index (χ2n) is 5.85. The second-order valence-corrected chi connectivity index (χ2v) is 6.79. The summed E-state index contributed by atoms with van der Waals surface area (Å²) in [5.74, 6) is -0.620. The third-order valence-corrected chi connectivity index (χ3v) is 4.87. The first-order valence-electron chi connectivity index (χ1n) is 8.44. The van der Waals surface area contributed by atoms with Crippen molar-refractivity contribution in [3.8, 4) is 0 Å². The highest BCUT2D eigenvalue weighted by Crippen LogP contribution is 2.14. The van der Waals surface area contributed by atoms with Crippen molar-refractivity contribution in [3.63, 3.8) is 0 Å². The number of anilines is 1. The Morgan fingerprint density at radius 1 is 1.15 bits per heavy atom. The zero-order valence-electron chi connectivity index (χ0n) is 14.5. The van der Waals surface area contributed by atoms with Gasteiger partial charge in [0.2, 0.25) is 0 Å². The van der Waals surface area contributed by atoms with E-state index < -0.39 is 0 Å². The van der Waals surface area contributed by atoms with Crippen LogP contribution in [0.5, 0.6) is 0 Å². The number of nitrogens with zero attached hydrogens (tertiary/aromatic N) is 1. The molecule has 0 aliphatic rings. The standard InChI is InChI=1S/C20H20FN3OS/c1-2-19-23-18(13-26-19)12-22-11-14-4-3-5-17(10-14)24-20(25)15-6-8-16(21)9-7-15/h3-10,13,22H,2,11-12H2,1H3,(H,24,25). The van der Waals surface area contributed by atoms with E-state index in [1.54, 1.807) is 11.3 Å². The average molecular weight is 369 g/mol. The topological polar surface area (TPSA) is 54.0 Å². The van der Waals surface area contributed by atoms with E-state index in [1.165, 1.54) is 24.3 Å². The number of aromatic nitrogens is 1. The summed E-state index contributed by atoms with van der Waals surface area (Å²) in [7, 11) is 0. The number of amides is 1.